The standard InChI is InChI=1S/C64H63BN2O2/c1-36-20-22-37(23-21-36)66-52-34-48-41(39-16-12-14-18-46(39)64(48,10)11)31-42(52)43-32-44-40-17-13-15-19-53(40)68-58(44)57-55(43)65-59-56(45-33-50-51(35-54(45)69-59)63(8,9)29-28-62(50,6)7)67(57)38-24-25-47-49(30-38)61(4,5)27-26-60(47,2)3/h12-25,30-35,65-66H,26-29H2,1-11H3. The van der Waals surface area contributed by atoms with Crippen molar-refractivity contribution >= 4 is 79.7 Å². The number of benzene rings is 7. The minimum atomic E-state index is -0.171. The summed E-state index contributed by atoms with van der Waals surface area (Å²) in [5, 5.41) is 7.40. The minimum Gasteiger partial charge on any atom is -0.469 e. The van der Waals surface area contributed by atoms with Crippen LogP contribution in [-0.2, 0) is 27.1 Å². The van der Waals surface area contributed by atoms with Gasteiger partial charge < -0.3 is 19.1 Å². The molecule has 0 saturated heterocycles. The van der Waals surface area contributed by atoms with Gasteiger partial charge in [0, 0.05) is 44.2 Å². The SMILES string of the molecule is Cc1ccc(Nc2cc3c(cc2-c2cc4c(oc5ccccc54)c4c2Bc2oc5cc6c(cc5c2N4c2ccc4c(c2)C(C)(C)CCC4(C)C)C(C)(C)CCC6(C)C)-c2ccccc2C3(C)C)cc1. The Balaban J connectivity index is 1.16. The predicted molar refractivity (Wildman–Crippen MR) is 293 cm³/mol. The Morgan fingerprint density at radius 2 is 1.13 bits per heavy atom. The average Bonchev–Trinajstić information content (AvgIpc) is 3.95. The number of nitrogens with one attached hydrogen (secondary N) is 1. The molecule has 0 fully saturated rings. The fourth-order valence-corrected chi connectivity index (χ4v) is 13.2. The van der Waals surface area contributed by atoms with E-state index in [0.29, 0.717) is 7.28 Å². The third kappa shape index (κ3) is 6.14. The molecule has 5 heteroatoms. The van der Waals surface area contributed by atoms with Crippen molar-refractivity contribution in [3.05, 3.63) is 160 Å². The van der Waals surface area contributed by atoms with Crippen LogP contribution in [0.1, 0.15) is 134 Å². The van der Waals surface area contributed by atoms with Crippen LogP contribution >= 0.6 is 0 Å². The topological polar surface area (TPSA) is 41.6 Å². The van der Waals surface area contributed by atoms with Crippen LogP contribution in [0.5, 0.6) is 0 Å². The molecule has 4 nitrogen and oxygen atoms in total. The Morgan fingerprint density at radius 3 is 1.87 bits per heavy atom. The number of hydrogen-bond acceptors (Lipinski definition) is 4. The van der Waals surface area contributed by atoms with Crippen LogP contribution in [0, 0.1) is 6.92 Å². The lowest BCUT2D eigenvalue weighted by Gasteiger charge is -2.43. The first-order valence-corrected chi connectivity index (χ1v) is 25.5. The smallest absolute Gasteiger partial charge is 0.245 e. The first kappa shape index (κ1) is 42.6. The number of aryl methyl sites for hydroxylation is 1. The number of furan rings is 2. The summed E-state index contributed by atoms with van der Waals surface area (Å²) in [5.41, 5.74) is 25.1. The van der Waals surface area contributed by atoms with Gasteiger partial charge in [0.25, 0.3) is 0 Å². The summed E-state index contributed by atoms with van der Waals surface area (Å²) in [4.78, 5) is 2.57. The Hall–Kier alpha value is -6.46. The average molecular weight is 903 g/mol. The molecular weight excluding hydrogens is 840 g/mol. The summed E-state index contributed by atoms with van der Waals surface area (Å²) in [7, 11) is 0.613. The normalized spacial score (nSPS) is 18.5. The van der Waals surface area contributed by atoms with Gasteiger partial charge in [-0.15, -0.1) is 0 Å². The molecule has 0 bridgehead atoms. The molecule has 0 spiro atoms. The lowest BCUT2D eigenvalue weighted by molar-refractivity contribution is 0.332. The zero-order valence-electron chi connectivity index (χ0n) is 42.3. The fraction of sp³-hybridized carbons (Fsp3) is 0.312. The molecule has 13 rings (SSSR count). The minimum absolute atomic E-state index is 0.0109. The second-order valence-electron chi connectivity index (χ2n) is 24.4. The Kier molecular flexibility index (Phi) is 8.70. The van der Waals surface area contributed by atoms with E-state index in [1.54, 1.807) is 0 Å². The van der Waals surface area contributed by atoms with Gasteiger partial charge in [0.1, 0.15) is 11.2 Å². The van der Waals surface area contributed by atoms with Crippen molar-refractivity contribution in [3.63, 3.8) is 0 Å². The lowest BCUT2D eigenvalue weighted by Crippen LogP contribution is -2.40. The highest BCUT2D eigenvalue weighted by Gasteiger charge is 2.43. The van der Waals surface area contributed by atoms with Gasteiger partial charge in [-0.1, -0.05) is 135 Å². The molecule has 9 aromatic rings. The van der Waals surface area contributed by atoms with Crippen LogP contribution in [0.2, 0.25) is 0 Å². The molecule has 0 atom stereocenters. The highest BCUT2D eigenvalue weighted by Crippen LogP contribution is 2.56. The first-order chi connectivity index (χ1) is 32.8. The molecular formula is C64H63BN2O2. The second-order valence-corrected chi connectivity index (χ2v) is 24.4. The number of nitrogens with zero attached hydrogens (tertiary/aromatic N) is 1. The Bertz CT molecular complexity index is 3670. The Labute approximate surface area is 408 Å². The molecule has 7 aromatic carbocycles. The summed E-state index contributed by atoms with van der Waals surface area (Å²) in [6.07, 6.45) is 4.59. The number of hydrogen-bond donors (Lipinski definition) is 1. The second kappa shape index (κ2) is 14.1. The quantitative estimate of drug-likeness (QED) is 0.179. The molecule has 3 aliphatic carbocycles. The van der Waals surface area contributed by atoms with Crippen molar-refractivity contribution in [3.8, 4) is 22.3 Å². The molecule has 0 amide bonds. The summed E-state index contributed by atoms with van der Waals surface area (Å²) >= 11 is 0. The molecule has 4 aliphatic rings. The fourth-order valence-electron chi connectivity index (χ4n) is 13.2. The van der Waals surface area contributed by atoms with Crippen molar-refractivity contribution in [2.75, 3.05) is 10.2 Å². The third-order valence-electron chi connectivity index (χ3n) is 17.7. The zero-order chi connectivity index (χ0) is 47.7. The highest BCUT2D eigenvalue weighted by molar-refractivity contribution is 6.73. The van der Waals surface area contributed by atoms with Gasteiger partial charge >= 0.3 is 0 Å². The molecule has 344 valence electrons. The zero-order valence-corrected chi connectivity index (χ0v) is 42.3. The number of fused-ring (bicyclic) bond motifs is 13. The van der Waals surface area contributed by atoms with Crippen molar-refractivity contribution in [1.82, 2.24) is 0 Å². The summed E-state index contributed by atoms with van der Waals surface area (Å²) < 4.78 is 14.6. The van der Waals surface area contributed by atoms with Gasteiger partial charge in [0.15, 0.2) is 5.58 Å². The first-order valence-electron chi connectivity index (χ1n) is 25.5. The molecule has 69 heavy (non-hydrogen) atoms. The molecule has 1 aliphatic heterocycles. The van der Waals surface area contributed by atoms with E-state index in [2.05, 4.69) is 208 Å². The van der Waals surface area contributed by atoms with Gasteiger partial charge in [-0.3, -0.25) is 0 Å². The third-order valence-corrected chi connectivity index (χ3v) is 17.7. The molecule has 2 aromatic heterocycles. The number of rotatable bonds is 4. The van der Waals surface area contributed by atoms with E-state index in [9.17, 15) is 0 Å². The largest absolute Gasteiger partial charge is 0.469 e. The molecule has 3 heterocycles. The molecule has 0 radical (unpaired) electrons. The van der Waals surface area contributed by atoms with Gasteiger partial charge in [-0.25, -0.2) is 0 Å². The van der Waals surface area contributed by atoms with E-state index in [-0.39, 0.29) is 27.1 Å². The van der Waals surface area contributed by atoms with E-state index >= 15 is 0 Å². The van der Waals surface area contributed by atoms with Crippen LogP contribution in [0.25, 0.3) is 55.2 Å². The van der Waals surface area contributed by atoms with Crippen molar-refractivity contribution in [2.45, 2.75) is 129 Å². The van der Waals surface area contributed by atoms with Crippen molar-refractivity contribution < 1.29 is 8.83 Å². The molecule has 0 unspecified atom stereocenters. The van der Waals surface area contributed by atoms with Crippen LogP contribution in [0.4, 0.5) is 28.4 Å². The summed E-state index contributed by atoms with van der Waals surface area (Å²) in [5.74, 6) is 0. The monoisotopic (exact) mass is 902 g/mol. The van der Waals surface area contributed by atoms with E-state index in [0.717, 1.165) is 92.9 Å². The highest BCUT2D eigenvalue weighted by atomic mass is 16.3. The molecule has 1 N–H and O–H groups in total. The van der Waals surface area contributed by atoms with E-state index in [1.165, 1.54) is 66.5 Å². The maximum Gasteiger partial charge on any atom is 0.245 e. The van der Waals surface area contributed by atoms with Gasteiger partial charge in [-0.05, 0) is 170 Å². The van der Waals surface area contributed by atoms with Crippen LogP contribution in [-0.4, -0.2) is 7.28 Å². The van der Waals surface area contributed by atoms with E-state index in [1.807, 2.05) is 0 Å². The van der Waals surface area contributed by atoms with Gasteiger partial charge in [0.2, 0.25) is 7.28 Å². The summed E-state index contributed by atoms with van der Waals surface area (Å²) in [6.45, 7) is 26.3. The van der Waals surface area contributed by atoms with E-state index < -0.39 is 0 Å². The molecule has 0 saturated carbocycles. The van der Waals surface area contributed by atoms with Crippen molar-refractivity contribution in [1.29, 1.82) is 0 Å². The Morgan fingerprint density at radius 1 is 0.478 bits per heavy atom. The maximum absolute atomic E-state index is 7.37. The van der Waals surface area contributed by atoms with E-state index in [4.69, 9.17) is 8.83 Å². The van der Waals surface area contributed by atoms with Crippen LogP contribution in [0.15, 0.2) is 130 Å². The lowest BCUT2D eigenvalue weighted by atomic mass is 9.60. The number of anilines is 5. The van der Waals surface area contributed by atoms with Crippen molar-refractivity contribution in [2.24, 2.45) is 0 Å². The predicted octanol–water partition coefficient (Wildman–Crippen LogP) is 16.2. The van der Waals surface area contributed by atoms with Crippen LogP contribution < -0.4 is 21.3 Å². The summed E-state index contributed by atoms with van der Waals surface area (Å²) in [6, 6.07) is 46.1. The van der Waals surface area contributed by atoms with Gasteiger partial charge in [-0.2, -0.15) is 0 Å². The van der Waals surface area contributed by atoms with Gasteiger partial charge in [0.05, 0.1) is 17.0 Å². The maximum atomic E-state index is 7.37. The van der Waals surface area contributed by atoms with Crippen LogP contribution in [0.3, 0.4) is 0 Å². The number of para-hydroxylation sites is 1.